The van der Waals surface area contributed by atoms with E-state index in [2.05, 4.69) is 5.32 Å². The number of ether oxygens (including phenoxy) is 1. The maximum absolute atomic E-state index is 13.2. The summed E-state index contributed by atoms with van der Waals surface area (Å²) in [5.41, 5.74) is 0.588. The van der Waals surface area contributed by atoms with Crippen molar-refractivity contribution in [2.75, 3.05) is 19.7 Å². The molecule has 0 radical (unpaired) electrons. The van der Waals surface area contributed by atoms with Gasteiger partial charge in [-0.2, -0.15) is 13.2 Å². The summed E-state index contributed by atoms with van der Waals surface area (Å²) in [6.07, 6.45) is -0.188. The summed E-state index contributed by atoms with van der Waals surface area (Å²) in [4.78, 5) is 0. The lowest BCUT2D eigenvalue weighted by molar-refractivity contribution is -0.139. The van der Waals surface area contributed by atoms with E-state index < -0.39 is 11.7 Å². The number of rotatable bonds is 3. The maximum Gasteiger partial charge on any atom is 0.419 e. The Bertz CT molecular complexity index is 527. The van der Waals surface area contributed by atoms with Crippen LogP contribution in [-0.4, -0.2) is 19.7 Å². The van der Waals surface area contributed by atoms with E-state index >= 15 is 0 Å². The molecule has 2 nitrogen and oxygen atoms in total. The van der Waals surface area contributed by atoms with Gasteiger partial charge in [0.15, 0.2) is 0 Å². The molecule has 0 bridgehead atoms. The molecule has 1 saturated heterocycles. The Morgan fingerprint density at radius 1 is 1.23 bits per heavy atom. The predicted molar refractivity (Wildman–Crippen MR) is 79.1 cm³/mol. The number of halogens is 3. The van der Waals surface area contributed by atoms with Crippen LogP contribution in [0.3, 0.4) is 0 Å². The van der Waals surface area contributed by atoms with Gasteiger partial charge >= 0.3 is 6.18 Å². The van der Waals surface area contributed by atoms with Crippen LogP contribution in [-0.2, 0) is 6.18 Å². The fourth-order valence-electron chi connectivity index (χ4n) is 3.70. The molecule has 5 heteroatoms. The van der Waals surface area contributed by atoms with Crippen LogP contribution in [0.15, 0.2) is 18.2 Å². The second-order valence-corrected chi connectivity index (χ2v) is 6.56. The van der Waals surface area contributed by atoms with Crippen molar-refractivity contribution in [3.8, 4) is 5.75 Å². The van der Waals surface area contributed by atoms with Gasteiger partial charge in [-0.05, 0) is 61.6 Å². The molecule has 1 saturated carbocycles. The Hall–Kier alpha value is -1.23. The SMILES string of the molecule is CCOc1ccc(C2CCC3(CC2)CNC3)cc1C(F)(F)F. The molecule has 0 atom stereocenters. The van der Waals surface area contributed by atoms with Gasteiger partial charge in [-0.1, -0.05) is 6.07 Å². The predicted octanol–water partition coefficient (Wildman–Crippen LogP) is 4.35. The fraction of sp³-hybridized carbons (Fsp3) is 0.647. The second-order valence-electron chi connectivity index (χ2n) is 6.56. The van der Waals surface area contributed by atoms with Gasteiger partial charge in [-0.25, -0.2) is 0 Å². The summed E-state index contributed by atoms with van der Waals surface area (Å²) < 4.78 is 44.8. The molecule has 1 heterocycles. The number of alkyl halides is 3. The van der Waals surface area contributed by atoms with E-state index in [9.17, 15) is 13.2 Å². The Labute approximate surface area is 129 Å². The van der Waals surface area contributed by atoms with Gasteiger partial charge in [0.1, 0.15) is 5.75 Å². The minimum atomic E-state index is -4.37. The molecule has 1 aliphatic heterocycles. The van der Waals surface area contributed by atoms with E-state index in [1.54, 1.807) is 6.92 Å². The van der Waals surface area contributed by atoms with Crippen molar-refractivity contribution in [1.29, 1.82) is 0 Å². The Kier molecular flexibility index (Phi) is 4.10. The van der Waals surface area contributed by atoms with Crippen LogP contribution in [0.2, 0.25) is 0 Å². The van der Waals surface area contributed by atoms with E-state index in [0.717, 1.165) is 44.3 Å². The first-order chi connectivity index (χ1) is 10.4. The standard InChI is InChI=1S/C17H22F3NO/c1-2-22-15-4-3-13(9-14(15)17(18,19)20)12-5-7-16(8-6-12)10-21-11-16/h3-4,9,12,21H,2,5-8,10-11H2,1H3. The molecule has 0 unspecified atom stereocenters. The van der Waals surface area contributed by atoms with Crippen LogP contribution in [0.5, 0.6) is 5.75 Å². The largest absolute Gasteiger partial charge is 0.493 e. The van der Waals surface area contributed by atoms with Crippen LogP contribution in [0.4, 0.5) is 13.2 Å². The zero-order valence-corrected chi connectivity index (χ0v) is 12.8. The minimum Gasteiger partial charge on any atom is -0.493 e. The number of hydrogen-bond acceptors (Lipinski definition) is 2. The maximum atomic E-state index is 13.2. The van der Waals surface area contributed by atoms with Gasteiger partial charge in [0.25, 0.3) is 0 Å². The molecule has 1 N–H and O–H groups in total. The van der Waals surface area contributed by atoms with Crippen molar-refractivity contribution in [2.45, 2.75) is 44.7 Å². The molecule has 0 aromatic heterocycles. The summed E-state index contributed by atoms with van der Waals surface area (Å²) in [6, 6.07) is 4.59. The van der Waals surface area contributed by atoms with E-state index in [4.69, 9.17) is 4.74 Å². The molecule has 1 spiro atoms. The lowest BCUT2D eigenvalue weighted by Gasteiger charge is -2.47. The zero-order valence-electron chi connectivity index (χ0n) is 12.8. The molecule has 22 heavy (non-hydrogen) atoms. The van der Waals surface area contributed by atoms with Crippen molar-refractivity contribution in [1.82, 2.24) is 5.32 Å². The minimum absolute atomic E-state index is 0.0609. The average Bonchev–Trinajstić information content (AvgIpc) is 2.45. The van der Waals surface area contributed by atoms with E-state index in [0.29, 0.717) is 5.41 Å². The molecule has 1 aliphatic carbocycles. The highest BCUT2D eigenvalue weighted by molar-refractivity contribution is 5.40. The van der Waals surface area contributed by atoms with Gasteiger partial charge < -0.3 is 10.1 Å². The van der Waals surface area contributed by atoms with Crippen molar-refractivity contribution in [2.24, 2.45) is 5.41 Å². The van der Waals surface area contributed by atoms with Gasteiger partial charge in [-0.15, -0.1) is 0 Å². The third kappa shape index (κ3) is 2.96. The molecule has 0 amide bonds. The average molecular weight is 313 g/mol. The topological polar surface area (TPSA) is 21.3 Å². The van der Waals surface area contributed by atoms with E-state index in [1.165, 1.54) is 12.1 Å². The van der Waals surface area contributed by atoms with E-state index in [-0.39, 0.29) is 18.3 Å². The molecule has 2 aliphatic rings. The van der Waals surface area contributed by atoms with Gasteiger partial charge in [0.2, 0.25) is 0 Å². The normalized spacial score (nSPS) is 21.6. The Morgan fingerprint density at radius 2 is 1.91 bits per heavy atom. The van der Waals surface area contributed by atoms with Crippen LogP contribution in [0.25, 0.3) is 0 Å². The summed E-state index contributed by atoms with van der Waals surface area (Å²) in [7, 11) is 0. The highest BCUT2D eigenvalue weighted by Crippen LogP contribution is 2.46. The lowest BCUT2D eigenvalue weighted by Crippen LogP contribution is -2.54. The molecule has 2 fully saturated rings. The smallest absolute Gasteiger partial charge is 0.419 e. The summed E-state index contributed by atoms with van der Waals surface area (Å²) >= 11 is 0. The summed E-state index contributed by atoms with van der Waals surface area (Å²) in [5.74, 6) is 0.178. The van der Waals surface area contributed by atoms with E-state index in [1.807, 2.05) is 6.07 Å². The van der Waals surface area contributed by atoms with Gasteiger partial charge in [-0.3, -0.25) is 0 Å². The first-order valence-corrected chi connectivity index (χ1v) is 7.98. The fourth-order valence-corrected chi connectivity index (χ4v) is 3.70. The number of hydrogen-bond donors (Lipinski definition) is 1. The summed E-state index contributed by atoms with van der Waals surface area (Å²) in [5, 5.41) is 3.31. The quantitative estimate of drug-likeness (QED) is 0.895. The third-order valence-electron chi connectivity index (χ3n) is 5.13. The molecule has 1 aromatic rings. The molecular formula is C17H22F3NO. The lowest BCUT2D eigenvalue weighted by atomic mass is 9.66. The van der Waals surface area contributed by atoms with Crippen molar-refractivity contribution >= 4 is 0 Å². The number of benzene rings is 1. The molecule has 1 aromatic carbocycles. The highest BCUT2D eigenvalue weighted by Gasteiger charge is 2.41. The van der Waals surface area contributed by atoms with Crippen molar-refractivity contribution < 1.29 is 17.9 Å². The Morgan fingerprint density at radius 3 is 2.41 bits per heavy atom. The van der Waals surface area contributed by atoms with Crippen LogP contribution < -0.4 is 10.1 Å². The molecule has 122 valence electrons. The van der Waals surface area contributed by atoms with Crippen molar-refractivity contribution in [3.05, 3.63) is 29.3 Å². The third-order valence-corrected chi connectivity index (χ3v) is 5.13. The van der Waals surface area contributed by atoms with Crippen LogP contribution in [0.1, 0.15) is 49.7 Å². The molecular weight excluding hydrogens is 291 g/mol. The van der Waals surface area contributed by atoms with Crippen LogP contribution >= 0.6 is 0 Å². The van der Waals surface area contributed by atoms with Gasteiger partial charge in [0, 0.05) is 13.1 Å². The zero-order chi connectivity index (χ0) is 15.8. The Balaban J connectivity index is 1.79. The first-order valence-electron chi connectivity index (χ1n) is 7.98. The highest BCUT2D eigenvalue weighted by atomic mass is 19.4. The van der Waals surface area contributed by atoms with Crippen LogP contribution in [0, 0.1) is 5.41 Å². The first kappa shape index (κ1) is 15.7. The second kappa shape index (κ2) is 5.76. The van der Waals surface area contributed by atoms with Crippen molar-refractivity contribution in [3.63, 3.8) is 0 Å². The molecule has 3 rings (SSSR count). The monoisotopic (exact) mass is 313 g/mol. The number of nitrogens with one attached hydrogen (secondary N) is 1. The summed E-state index contributed by atoms with van der Waals surface area (Å²) in [6.45, 7) is 4.07. The van der Waals surface area contributed by atoms with Gasteiger partial charge in [0.05, 0.1) is 12.2 Å².